The highest BCUT2D eigenvalue weighted by molar-refractivity contribution is 7.09. The predicted molar refractivity (Wildman–Crippen MR) is 101 cm³/mol. The van der Waals surface area contributed by atoms with Gasteiger partial charge >= 0.3 is 0 Å². The van der Waals surface area contributed by atoms with E-state index in [1.807, 2.05) is 30.3 Å². The summed E-state index contributed by atoms with van der Waals surface area (Å²) in [7, 11) is 0. The minimum absolute atomic E-state index is 0.676. The fourth-order valence-corrected chi connectivity index (χ4v) is 4.07. The van der Waals surface area contributed by atoms with Crippen molar-refractivity contribution in [1.82, 2.24) is 25.3 Å². The number of fused-ring (bicyclic) bond motifs is 3. The molecule has 0 aliphatic rings. The molecule has 6 rings (SSSR count). The molecule has 3 aromatic carbocycles. The van der Waals surface area contributed by atoms with Crippen molar-refractivity contribution in [3.63, 3.8) is 0 Å². The van der Waals surface area contributed by atoms with E-state index in [1.165, 1.54) is 10.1 Å². The Morgan fingerprint density at radius 1 is 0.815 bits per heavy atom. The van der Waals surface area contributed by atoms with Crippen LogP contribution in [0, 0.1) is 0 Å². The van der Waals surface area contributed by atoms with Crippen molar-refractivity contribution in [2.24, 2.45) is 0 Å². The monoisotopic (exact) mass is 371 g/mol. The van der Waals surface area contributed by atoms with Crippen molar-refractivity contribution in [3.8, 4) is 11.4 Å². The van der Waals surface area contributed by atoms with Crippen molar-refractivity contribution in [2.75, 3.05) is 0 Å². The topological polar surface area (TPSA) is 73.5 Å². The van der Waals surface area contributed by atoms with Crippen molar-refractivity contribution < 1.29 is 8.59 Å². The highest BCUT2D eigenvalue weighted by Gasteiger charge is 2.15. The zero-order chi connectivity index (χ0) is 17.8. The van der Waals surface area contributed by atoms with E-state index in [2.05, 4.69) is 61.0 Å². The van der Waals surface area contributed by atoms with Crippen LogP contribution in [0.25, 0.3) is 43.5 Å². The molecule has 3 aromatic heterocycles. The summed E-state index contributed by atoms with van der Waals surface area (Å²) in [5.41, 5.74) is 4.92. The Labute approximate surface area is 156 Å². The first-order valence-electron chi connectivity index (χ1n) is 8.34. The maximum atomic E-state index is 4.75. The van der Waals surface area contributed by atoms with Crippen LogP contribution >= 0.6 is 11.5 Å². The van der Waals surface area contributed by atoms with Gasteiger partial charge in [0, 0.05) is 12.1 Å². The van der Waals surface area contributed by atoms with Gasteiger partial charge in [-0.25, -0.2) is 4.63 Å². The highest BCUT2D eigenvalue weighted by Crippen LogP contribution is 2.20. The SMILES string of the molecule is c1ccc2s[n+](-c3ccc4nn(-c5ccc6nonc6c5)nc4c3)cc2c1. The number of hydrogen-bond acceptors (Lipinski definition) is 6. The van der Waals surface area contributed by atoms with Gasteiger partial charge in [-0.05, 0) is 46.7 Å². The van der Waals surface area contributed by atoms with E-state index in [-0.39, 0.29) is 0 Å². The lowest BCUT2D eigenvalue weighted by molar-refractivity contribution is -0.518. The van der Waals surface area contributed by atoms with Crippen LogP contribution in [0.3, 0.4) is 0 Å². The summed E-state index contributed by atoms with van der Waals surface area (Å²) in [6.45, 7) is 0. The van der Waals surface area contributed by atoms with Gasteiger partial charge in [0.1, 0.15) is 38.3 Å². The van der Waals surface area contributed by atoms with Gasteiger partial charge in [0.15, 0.2) is 6.20 Å². The third-order valence-electron chi connectivity index (χ3n) is 4.46. The summed E-state index contributed by atoms with van der Waals surface area (Å²) in [6.07, 6.45) is 2.14. The number of aromatic nitrogens is 6. The molecule has 7 nitrogen and oxygen atoms in total. The Morgan fingerprint density at radius 2 is 1.67 bits per heavy atom. The molecule has 0 N–H and O–H groups in total. The van der Waals surface area contributed by atoms with Gasteiger partial charge in [-0.1, -0.05) is 12.1 Å². The average Bonchev–Trinajstić information content (AvgIpc) is 3.42. The summed E-state index contributed by atoms with van der Waals surface area (Å²) < 4.78 is 8.15. The lowest BCUT2D eigenvalue weighted by atomic mass is 10.2. The second-order valence-electron chi connectivity index (χ2n) is 6.18. The molecule has 0 atom stereocenters. The molecule has 0 radical (unpaired) electrons. The molecule has 0 bridgehead atoms. The standard InChI is InChI=1S/C19H11N6OS/c1-2-4-19-12(3-1)11-24(27-19)13-5-7-15-17(9-13)21-25(20-15)14-6-8-16-18(10-14)23-26-22-16/h1-11H/q+1. The molecule has 27 heavy (non-hydrogen) atoms. The first-order chi connectivity index (χ1) is 13.3. The van der Waals surface area contributed by atoms with Crippen molar-refractivity contribution >= 4 is 43.7 Å². The van der Waals surface area contributed by atoms with Gasteiger partial charge in [-0.15, -0.1) is 14.2 Å². The van der Waals surface area contributed by atoms with Crippen LogP contribution in [0.4, 0.5) is 0 Å². The van der Waals surface area contributed by atoms with Crippen LogP contribution in [0.1, 0.15) is 0 Å². The van der Waals surface area contributed by atoms with E-state index in [4.69, 9.17) is 4.63 Å². The highest BCUT2D eigenvalue weighted by atomic mass is 32.1. The van der Waals surface area contributed by atoms with Crippen molar-refractivity contribution in [2.45, 2.75) is 0 Å². The van der Waals surface area contributed by atoms with Gasteiger partial charge in [-0.3, -0.25) is 0 Å². The van der Waals surface area contributed by atoms with Crippen LogP contribution in [0.15, 0.2) is 71.5 Å². The zero-order valence-electron chi connectivity index (χ0n) is 13.9. The van der Waals surface area contributed by atoms with E-state index < -0.39 is 0 Å². The number of nitrogens with zero attached hydrogens (tertiary/aromatic N) is 6. The zero-order valence-corrected chi connectivity index (χ0v) is 14.7. The largest absolute Gasteiger partial charge is 0.243 e. The third kappa shape index (κ3) is 2.31. The molecule has 6 aromatic rings. The van der Waals surface area contributed by atoms with E-state index in [1.54, 1.807) is 16.3 Å². The van der Waals surface area contributed by atoms with Crippen molar-refractivity contribution in [3.05, 3.63) is 66.9 Å². The first kappa shape index (κ1) is 14.5. The Kier molecular flexibility index (Phi) is 2.91. The maximum Gasteiger partial charge on any atom is 0.227 e. The van der Waals surface area contributed by atoms with Gasteiger partial charge in [0.05, 0.1) is 11.1 Å². The van der Waals surface area contributed by atoms with Crippen LogP contribution < -0.4 is 3.96 Å². The minimum Gasteiger partial charge on any atom is -0.243 e. The van der Waals surface area contributed by atoms with Crippen molar-refractivity contribution in [1.29, 1.82) is 0 Å². The quantitative estimate of drug-likeness (QED) is 0.436. The second-order valence-corrected chi connectivity index (χ2v) is 7.20. The Hall–Kier alpha value is -3.65. The third-order valence-corrected chi connectivity index (χ3v) is 5.54. The molecule has 8 heteroatoms. The summed E-state index contributed by atoms with van der Waals surface area (Å²) in [5.74, 6) is 0. The van der Waals surface area contributed by atoms with E-state index >= 15 is 0 Å². The van der Waals surface area contributed by atoms with Crippen LogP contribution in [-0.2, 0) is 0 Å². The molecular weight excluding hydrogens is 360 g/mol. The molecule has 0 aliphatic heterocycles. The summed E-state index contributed by atoms with van der Waals surface area (Å²) in [6, 6.07) is 20.0. The van der Waals surface area contributed by atoms with E-state index in [0.717, 1.165) is 22.4 Å². The van der Waals surface area contributed by atoms with Gasteiger partial charge in [0.2, 0.25) is 5.69 Å². The second kappa shape index (κ2) is 5.42. The molecule has 0 saturated carbocycles. The molecule has 0 saturated heterocycles. The molecule has 0 spiro atoms. The lowest BCUT2D eigenvalue weighted by Crippen LogP contribution is -2.23. The first-order valence-corrected chi connectivity index (χ1v) is 9.12. The molecule has 128 valence electrons. The smallest absolute Gasteiger partial charge is 0.227 e. The Balaban J connectivity index is 1.46. The average molecular weight is 371 g/mol. The number of rotatable bonds is 2. The molecule has 0 aliphatic carbocycles. The van der Waals surface area contributed by atoms with Gasteiger partial charge in [-0.2, -0.15) is 4.80 Å². The maximum absolute atomic E-state index is 4.75. The summed E-state index contributed by atoms with van der Waals surface area (Å²) >= 11 is 1.70. The van der Waals surface area contributed by atoms with Gasteiger partial charge in [0.25, 0.3) is 0 Å². The van der Waals surface area contributed by atoms with Gasteiger partial charge < -0.3 is 0 Å². The minimum atomic E-state index is 0.676. The van der Waals surface area contributed by atoms with E-state index in [9.17, 15) is 0 Å². The summed E-state index contributed by atoms with van der Waals surface area (Å²) in [5, 5.41) is 18.1. The molecule has 0 unspecified atom stereocenters. The normalized spacial score (nSPS) is 11.7. The molecule has 0 fully saturated rings. The Bertz CT molecular complexity index is 1410. The Morgan fingerprint density at radius 3 is 2.63 bits per heavy atom. The molecular formula is C19H11N6OS+. The molecule has 3 heterocycles. The lowest BCUT2D eigenvalue weighted by Gasteiger charge is -1.96. The van der Waals surface area contributed by atoms with Crippen LogP contribution in [0.2, 0.25) is 0 Å². The van der Waals surface area contributed by atoms with Crippen LogP contribution in [-0.4, -0.2) is 25.3 Å². The number of benzene rings is 3. The number of hydrogen-bond donors (Lipinski definition) is 0. The van der Waals surface area contributed by atoms with Crippen LogP contribution in [0.5, 0.6) is 0 Å². The predicted octanol–water partition coefficient (Wildman–Crippen LogP) is 3.45. The fourth-order valence-electron chi connectivity index (χ4n) is 3.11. The molecule has 0 amide bonds. The summed E-state index contributed by atoms with van der Waals surface area (Å²) in [4.78, 5) is 1.61. The van der Waals surface area contributed by atoms with E-state index in [0.29, 0.717) is 11.0 Å². The fraction of sp³-hybridized carbons (Fsp3) is 0.